The van der Waals surface area contributed by atoms with E-state index in [9.17, 15) is 0 Å². The number of rotatable bonds is 3. The number of nitrogens with zero attached hydrogens (tertiary/aromatic N) is 3. The fraction of sp³-hybridized carbons (Fsp3) is 0. The van der Waals surface area contributed by atoms with Crippen molar-refractivity contribution in [1.82, 2.24) is 14.5 Å². The zero-order valence-corrected chi connectivity index (χ0v) is 22.7. The summed E-state index contributed by atoms with van der Waals surface area (Å²) >= 11 is 0. The van der Waals surface area contributed by atoms with E-state index in [1.165, 1.54) is 21.8 Å². The van der Waals surface area contributed by atoms with Gasteiger partial charge in [-0.05, 0) is 41.3 Å². The molecule has 0 radical (unpaired) electrons. The molecule has 3 nitrogen and oxygen atoms in total. The molecule has 0 bridgehead atoms. The average Bonchev–Trinajstić information content (AvgIpc) is 3.33. The van der Waals surface area contributed by atoms with Gasteiger partial charge < -0.3 is 14.5 Å². The second kappa shape index (κ2) is 11.8. The second-order valence-corrected chi connectivity index (χ2v) is 8.54. The number of aromatic nitrogens is 3. The van der Waals surface area contributed by atoms with Gasteiger partial charge in [0.05, 0.1) is 11.0 Å². The maximum Gasteiger partial charge on any atom is 2.00 e. The van der Waals surface area contributed by atoms with Gasteiger partial charge in [-0.2, -0.15) is 0 Å². The van der Waals surface area contributed by atoms with Crippen LogP contribution >= 0.6 is 0 Å². The Balaban J connectivity index is 0.000000191. The molecular weight excluding hydrogens is 645 g/mol. The Kier molecular flexibility index (Phi) is 7.87. The van der Waals surface area contributed by atoms with Gasteiger partial charge in [0.15, 0.2) is 0 Å². The third-order valence-corrected chi connectivity index (χ3v) is 6.21. The maximum atomic E-state index is 4.46. The summed E-state index contributed by atoms with van der Waals surface area (Å²) in [4.78, 5) is 8.67. The summed E-state index contributed by atoms with van der Waals surface area (Å²) in [6.07, 6.45) is 3.60. The second-order valence-electron chi connectivity index (χ2n) is 8.54. The summed E-state index contributed by atoms with van der Waals surface area (Å²) in [7, 11) is 0. The first-order chi connectivity index (χ1) is 18.4. The van der Waals surface area contributed by atoms with Gasteiger partial charge in [-0.25, -0.2) is 0 Å². The molecule has 0 fully saturated rings. The van der Waals surface area contributed by atoms with E-state index >= 15 is 0 Å². The first kappa shape index (κ1) is 25.3. The van der Waals surface area contributed by atoms with E-state index in [-0.39, 0.29) is 21.1 Å². The minimum Gasteiger partial charge on any atom is -0.327 e. The topological polar surface area (TPSA) is 30.7 Å². The molecule has 0 aliphatic heterocycles. The van der Waals surface area contributed by atoms with Crippen molar-refractivity contribution in [1.29, 1.82) is 0 Å². The van der Waals surface area contributed by atoms with Crippen molar-refractivity contribution in [2.75, 3.05) is 0 Å². The van der Waals surface area contributed by atoms with Crippen LogP contribution in [0.3, 0.4) is 0 Å². The normalized spacial score (nSPS) is 10.4. The zero-order valence-electron chi connectivity index (χ0n) is 20.4. The van der Waals surface area contributed by atoms with Crippen LogP contribution in [0.4, 0.5) is 0 Å². The SMILES string of the molecule is [Pt+2].[c-]1ccc(-n2c3ccccc3c3ccccc32)cc1-c1ccccn1.[c-]1ccccc1-c1ccccn1. The molecule has 0 aliphatic carbocycles. The minimum atomic E-state index is 0. The molecule has 38 heavy (non-hydrogen) atoms. The van der Waals surface area contributed by atoms with Gasteiger partial charge in [-0.15, -0.1) is 65.7 Å². The van der Waals surface area contributed by atoms with Crippen molar-refractivity contribution >= 4 is 21.8 Å². The number of benzene rings is 4. The van der Waals surface area contributed by atoms with Crippen molar-refractivity contribution in [3.8, 4) is 28.2 Å². The molecule has 3 aromatic heterocycles. The Labute approximate surface area is 236 Å². The predicted molar refractivity (Wildman–Crippen MR) is 151 cm³/mol. The first-order valence-electron chi connectivity index (χ1n) is 12.2. The third-order valence-electron chi connectivity index (χ3n) is 6.21. The molecule has 0 amide bonds. The van der Waals surface area contributed by atoms with Crippen LogP contribution < -0.4 is 0 Å². The van der Waals surface area contributed by atoms with Crippen LogP contribution in [0.5, 0.6) is 0 Å². The van der Waals surface area contributed by atoms with Gasteiger partial charge in [0.2, 0.25) is 0 Å². The van der Waals surface area contributed by atoms with E-state index < -0.39 is 0 Å². The Morgan fingerprint density at radius 2 is 1.05 bits per heavy atom. The molecule has 0 saturated carbocycles. The van der Waals surface area contributed by atoms with Gasteiger partial charge in [-0.3, -0.25) is 0 Å². The fourth-order valence-corrected chi connectivity index (χ4v) is 4.54. The molecule has 0 atom stereocenters. The molecule has 3 heterocycles. The van der Waals surface area contributed by atoms with Gasteiger partial charge in [0.1, 0.15) is 0 Å². The van der Waals surface area contributed by atoms with Crippen LogP contribution in [0.25, 0.3) is 50.0 Å². The summed E-state index contributed by atoms with van der Waals surface area (Å²) in [6, 6.07) is 49.4. The summed E-state index contributed by atoms with van der Waals surface area (Å²) in [6.45, 7) is 0. The molecule has 0 spiro atoms. The molecule has 184 valence electrons. The maximum absolute atomic E-state index is 4.46. The van der Waals surface area contributed by atoms with Crippen molar-refractivity contribution in [2.45, 2.75) is 0 Å². The zero-order chi connectivity index (χ0) is 24.9. The summed E-state index contributed by atoms with van der Waals surface area (Å²) in [5.41, 5.74) is 7.49. The Morgan fingerprint density at radius 3 is 1.63 bits per heavy atom. The Hall–Kier alpha value is -4.33. The predicted octanol–water partition coefficient (Wildman–Crippen LogP) is 8.19. The summed E-state index contributed by atoms with van der Waals surface area (Å²) in [5, 5.41) is 2.54. The van der Waals surface area contributed by atoms with Crippen LogP contribution in [-0.2, 0) is 21.1 Å². The molecule has 0 aliphatic rings. The van der Waals surface area contributed by atoms with Crippen LogP contribution in [0.15, 0.2) is 140 Å². The van der Waals surface area contributed by atoms with E-state index in [1.807, 2.05) is 72.9 Å². The number of fused-ring (bicyclic) bond motifs is 3. The monoisotopic (exact) mass is 668 g/mol. The van der Waals surface area contributed by atoms with Crippen LogP contribution in [0.2, 0.25) is 0 Å². The van der Waals surface area contributed by atoms with Crippen molar-refractivity contribution in [3.05, 3.63) is 152 Å². The average molecular weight is 669 g/mol. The molecule has 4 heteroatoms. The molecular formula is C34H23N3Pt. The number of hydrogen-bond donors (Lipinski definition) is 0. The molecule has 7 rings (SSSR count). The number of hydrogen-bond acceptors (Lipinski definition) is 2. The third kappa shape index (κ3) is 5.20. The smallest absolute Gasteiger partial charge is 0.327 e. The fourth-order valence-electron chi connectivity index (χ4n) is 4.54. The van der Waals surface area contributed by atoms with Gasteiger partial charge in [0.25, 0.3) is 0 Å². The van der Waals surface area contributed by atoms with E-state index in [2.05, 4.69) is 87.3 Å². The van der Waals surface area contributed by atoms with Crippen LogP contribution in [0.1, 0.15) is 0 Å². The Morgan fingerprint density at radius 1 is 0.500 bits per heavy atom. The molecule has 0 unspecified atom stereocenters. The van der Waals surface area contributed by atoms with E-state index in [1.54, 1.807) is 6.20 Å². The molecule has 4 aromatic carbocycles. The number of para-hydroxylation sites is 2. The summed E-state index contributed by atoms with van der Waals surface area (Å²) < 4.78 is 2.31. The standard InChI is InChI=1S/C23H15N2.C11H8N.Pt/c1-3-13-22-19(10-1)20-11-2-4-14-23(20)25(22)18-9-7-8-17(16-18)21-12-5-6-15-24-21;1-2-6-10(7-3-1)11-8-4-5-9-12-11;/h1-7,9-16H;1-6,8-9H;/q2*-1;+2. The van der Waals surface area contributed by atoms with Crippen molar-refractivity contribution in [2.24, 2.45) is 0 Å². The van der Waals surface area contributed by atoms with Crippen molar-refractivity contribution in [3.63, 3.8) is 0 Å². The first-order valence-corrected chi connectivity index (χ1v) is 12.2. The largest absolute Gasteiger partial charge is 2.00 e. The molecule has 0 saturated heterocycles. The quantitative estimate of drug-likeness (QED) is 0.178. The minimum absolute atomic E-state index is 0. The van der Waals surface area contributed by atoms with Gasteiger partial charge in [-0.1, -0.05) is 60.7 Å². The summed E-state index contributed by atoms with van der Waals surface area (Å²) in [5.74, 6) is 0. The van der Waals surface area contributed by atoms with Crippen LogP contribution in [-0.4, -0.2) is 14.5 Å². The van der Waals surface area contributed by atoms with Gasteiger partial charge in [0, 0.05) is 23.2 Å². The van der Waals surface area contributed by atoms with E-state index in [4.69, 9.17) is 0 Å². The Bertz CT molecular complexity index is 1670. The van der Waals surface area contributed by atoms with Crippen LogP contribution in [0, 0.1) is 12.1 Å². The molecule has 7 aromatic rings. The van der Waals surface area contributed by atoms with Crippen molar-refractivity contribution < 1.29 is 21.1 Å². The van der Waals surface area contributed by atoms with E-state index in [0.29, 0.717) is 0 Å². The van der Waals surface area contributed by atoms with E-state index in [0.717, 1.165) is 28.2 Å². The van der Waals surface area contributed by atoms with Gasteiger partial charge >= 0.3 is 21.1 Å². The molecule has 0 N–H and O–H groups in total. The number of pyridine rings is 2.